The van der Waals surface area contributed by atoms with Gasteiger partial charge in [-0.1, -0.05) is 29.5 Å². The number of para-hydroxylation sites is 2. The van der Waals surface area contributed by atoms with Crippen LogP contribution in [-0.2, 0) is 0 Å². The summed E-state index contributed by atoms with van der Waals surface area (Å²) < 4.78 is 4.26. The number of aryl methyl sites for hydroxylation is 1. The van der Waals surface area contributed by atoms with Gasteiger partial charge in [0.1, 0.15) is 0 Å². The van der Waals surface area contributed by atoms with E-state index in [2.05, 4.69) is 4.98 Å². The number of imidazole rings is 1. The Balaban J connectivity index is 1.68. The maximum absolute atomic E-state index is 13.0. The molecule has 0 unspecified atom stereocenters. The van der Waals surface area contributed by atoms with Crippen LogP contribution in [0.1, 0.15) is 27.3 Å². The average Bonchev–Trinajstić information content (AvgIpc) is 3.33. The van der Waals surface area contributed by atoms with Gasteiger partial charge in [0.15, 0.2) is 4.96 Å². The van der Waals surface area contributed by atoms with Crippen molar-refractivity contribution in [1.29, 1.82) is 0 Å². The Hall–Kier alpha value is -3.71. The topological polar surface area (TPSA) is 76.6 Å². The minimum Gasteiger partial charge on any atom is -0.478 e. The normalized spacial score (nSPS) is 12.3. The number of nitrogens with zero attached hydrogens (tertiary/aromatic N) is 3. The Kier molecular flexibility index (Phi) is 4.08. The van der Waals surface area contributed by atoms with E-state index in [1.807, 2.05) is 60.9 Å². The summed E-state index contributed by atoms with van der Waals surface area (Å²) in [7, 11) is 0. The van der Waals surface area contributed by atoms with Crippen molar-refractivity contribution >= 4 is 39.4 Å². The number of carboxylic acids is 1. The second-order valence-electron chi connectivity index (χ2n) is 7.15. The summed E-state index contributed by atoms with van der Waals surface area (Å²) in [6.45, 7) is 3.93. The van der Waals surface area contributed by atoms with Gasteiger partial charge in [-0.25, -0.2) is 14.2 Å². The summed E-state index contributed by atoms with van der Waals surface area (Å²) in [6, 6.07) is 16.4. The summed E-state index contributed by atoms with van der Waals surface area (Å²) in [5.74, 6) is -0.962. The molecule has 0 saturated carbocycles. The van der Waals surface area contributed by atoms with E-state index in [1.165, 1.54) is 11.3 Å². The number of aromatic nitrogens is 3. The van der Waals surface area contributed by atoms with Crippen LogP contribution in [0.3, 0.4) is 0 Å². The van der Waals surface area contributed by atoms with Gasteiger partial charge >= 0.3 is 5.97 Å². The Morgan fingerprint density at radius 1 is 1.10 bits per heavy atom. The molecule has 3 aromatic heterocycles. The molecule has 2 aromatic carbocycles. The standard InChI is InChI=1S/C23H17N3O3S/c1-13-10-16(14(2)25(13)17-7-5-6-15(11-17)22(28)29)12-20-21(27)26-19-9-4-3-8-18(19)24-23(26)30-20/h3-12H,1-2H3,(H,28,29)/b20-12-. The maximum Gasteiger partial charge on any atom is 0.335 e. The zero-order chi connectivity index (χ0) is 21.0. The van der Waals surface area contributed by atoms with E-state index in [0.29, 0.717) is 9.49 Å². The lowest BCUT2D eigenvalue weighted by Gasteiger charge is -2.10. The van der Waals surface area contributed by atoms with Crippen LogP contribution >= 0.6 is 11.3 Å². The summed E-state index contributed by atoms with van der Waals surface area (Å²) in [5, 5.41) is 9.29. The molecular formula is C23H17N3O3S. The molecule has 30 heavy (non-hydrogen) atoms. The van der Waals surface area contributed by atoms with E-state index < -0.39 is 5.97 Å². The summed E-state index contributed by atoms with van der Waals surface area (Å²) in [4.78, 5) is 29.6. The lowest BCUT2D eigenvalue weighted by Crippen LogP contribution is -2.22. The van der Waals surface area contributed by atoms with Crippen molar-refractivity contribution < 1.29 is 9.90 Å². The van der Waals surface area contributed by atoms with E-state index >= 15 is 0 Å². The van der Waals surface area contributed by atoms with Gasteiger partial charge in [-0.2, -0.15) is 0 Å². The molecule has 0 amide bonds. The lowest BCUT2D eigenvalue weighted by molar-refractivity contribution is 0.0697. The quantitative estimate of drug-likeness (QED) is 0.489. The van der Waals surface area contributed by atoms with Gasteiger partial charge in [0.25, 0.3) is 5.56 Å². The number of benzene rings is 2. The summed E-state index contributed by atoms with van der Waals surface area (Å²) in [5.41, 5.74) is 5.36. The Morgan fingerprint density at radius 2 is 1.90 bits per heavy atom. The molecule has 0 atom stereocenters. The van der Waals surface area contributed by atoms with E-state index in [1.54, 1.807) is 22.6 Å². The molecule has 0 aliphatic carbocycles. The van der Waals surface area contributed by atoms with E-state index in [0.717, 1.165) is 33.7 Å². The molecule has 5 aromatic rings. The summed E-state index contributed by atoms with van der Waals surface area (Å²) in [6.07, 6.45) is 1.89. The number of thiazole rings is 1. The van der Waals surface area contributed by atoms with Crippen molar-refractivity contribution in [3.8, 4) is 5.69 Å². The van der Waals surface area contributed by atoms with Crippen molar-refractivity contribution in [3.05, 3.63) is 92.0 Å². The molecule has 7 heteroatoms. The van der Waals surface area contributed by atoms with Crippen LogP contribution in [0.4, 0.5) is 0 Å². The van der Waals surface area contributed by atoms with Gasteiger partial charge in [0, 0.05) is 17.1 Å². The van der Waals surface area contributed by atoms with Gasteiger partial charge in [0.2, 0.25) is 0 Å². The molecule has 0 spiro atoms. The van der Waals surface area contributed by atoms with Gasteiger partial charge in [-0.3, -0.25) is 4.79 Å². The highest BCUT2D eigenvalue weighted by Gasteiger charge is 2.14. The minimum atomic E-state index is -0.962. The third-order valence-electron chi connectivity index (χ3n) is 5.25. The van der Waals surface area contributed by atoms with E-state index in [9.17, 15) is 14.7 Å². The van der Waals surface area contributed by atoms with Crippen molar-refractivity contribution in [1.82, 2.24) is 14.0 Å². The second-order valence-corrected chi connectivity index (χ2v) is 8.16. The Morgan fingerprint density at radius 3 is 2.70 bits per heavy atom. The molecule has 0 saturated heterocycles. The maximum atomic E-state index is 13.0. The van der Waals surface area contributed by atoms with Crippen molar-refractivity contribution in [2.24, 2.45) is 0 Å². The third kappa shape index (κ3) is 2.74. The second kappa shape index (κ2) is 6.67. The van der Waals surface area contributed by atoms with Crippen molar-refractivity contribution in [3.63, 3.8) is 0 Å². The summed E-state index contributed by atoms with van der Waals surface area (Å²) >= 11 is 1.37. The van der Waals surface area contributed by atoms with Crippen LogP contribution in [0.15, 0.2) is 59.4 Å². The number of carbonyl (C=O) groups is 1. The predicted molar refractivity (Wildman–Crippen MR) is 118 cm³/mol. The molecule has 5 rings (SSSR count). The number of hydrogen-bond donors (Lipinski definition) is 1. The fourth-order valence-electron chi connectivity index (χ4n) is 3.86. The van der Waals surface area contributed by atoms with Crippen LogP contribution in [0.5, 0.6) is 0 Å². The zero-order valence-corrected chi connectivity index (χ0v) is 17.1. The number of hydrogen-bond acceptors (Lipinski definition) is 4. The first-order valence-electron chi connectivity index (χ1n) is 9.38. The van der Waals surface area contributed by atoms with Crippen LogP contribution in [0, 0.1) is 13.8 Å². The predicted octanol–water partition coefficient (Wildman–Crippen LogP) is 3.56. The first-order chi connectivity index (χ1) is 14.4. The minimum absolute atomic E-state index is 0.0821. The number of rotatable bonds is 3. The van der Waals surface area contributed by atoms with Crippen molar-refractivity contribution in [2.45, 2.75) is 13.8 Å². The molecule has 0 aliphatic heterocycles. The third-order valence-corrected chi connectivity index (χ3v) is 6.22. The molecule has 0 aliphatic rings. The first kappa shape index (κ1) is 18.3. The highest BCUT2D eigenvalue weighted by molar-refractivity contribution is 7.15. The highest BCUT2D eigenvalue weighted by Crippen LogP contribution is 2.22. The van der Waals surface area contributed by atoms with E-state index in [-0.39, 0.29) is 11.1 Å². The number of fused-ring (bicyclic) bond motifs is 3. The molecule has 1 N–H and O–H groups in total. The molecule has 148 valence electrons. The highest BCUT2D eigenvalue weighted by atomic mass is 32.1. The molecule has 0 radical (unpaired) electrons. The van der Waals surface area contributed by atoms with Crippen LogP contribution in [0.25, 0.3) is 27.8 Å². The monoisotopic (exact) mass is 415 g/mol. The SMILES string of the molecule is Cc1cc(/C=c2\sc3nc4ccccc4n3c2=O)c(C)n1-c1cccc(C(=O)O)c1. The molecule has 3 heterocycles. The molecular weight excluding hydrogens is 398 g/mol. The van der Waals surface area contributed by atoms with Gasteiger partial charge in [0.05, 0.1) is 21.1 Å². The molecule has 0 bridgehead atoms. The number of aromatic carboxylic acids is 1. The smallest absolute Gasteiger partial charge is 0.335 e. The fraction of sp³-hybridized carbons (Fsp3) is 0.0870. The molecule has 0 fully saturated rings. The van der Waals surface area contributed by atoms with Crippen LogP contribution in [0.2, 0.25) is 0 Å². The van der Waals surface area contributed by atoms with Crippen LogP contribution < -0.4 is 10.1 Å². The largest absolute Gasteiger partial charge is 0.478 e. The van der Waals surface area contributed by atoms with Gasteiger partial charge < -0.3 is 9.67 Å². The lowest BCUT2D eigenvalue weighted by atomic mass is 10.2. The van der Waals surface area contributed by atoms with Gasteiger partial charge in [-0.05, 0) is 61.9 Å². The average molecular weight is 415 g/mol. The van der Waals surface area contributed by atoms with Gasteiger partial charge in [-0.15, -0.1) is 0 Å². The Labute approximate surface area is 175 Å². The van der Waals surface area contributed by atoms with Crippen molar-refractivity contribution in [2.75, 3.05) is 0 Å². The fourth-order valence-corrected chi connectivity index (χ4v) is 4.84. The van der Waals surface area contributed by atoms with E-state index in [4.69, 9.17) is 0 Å². The number of carboxylic acid groups (broad SMARTS) is 1. The molecule has 6 nitrogen and oxygen atoms in total. The first-order valence-corrected chi connectivity index (χ1v) is 10.2. The Bertz CT molecular complexity index is 1570. The van der Waals surface area contributed by atoms with Crippen LogP contribution in [-0.4, -0.2) is 25.0 Å². The zero-order valence-electron chi connectivity index (χ0n) is 16.3.